The van der Waals surface area contributed by atoms with E-state index in [-0.39, 0.29) is 17.2 Å². The van der Waals surface area contributed by atoms with Crippen LogP contribution in [0.2, 0.25) is 0 Å². The smallest absolute Gasteiger partial charge is 0.304 e. The summed E-state index contributed by atoms with van der Waals surface area (Å²) < 4.78 is 27.7. The van der Waals surface area contributed by atoms with Crippen molar-refractivity contribution in [1.29, 1.82) is 0 Å². The van der Waals surface area contributed by atoms with Gasteiger partial charge in [-0.1, -0.05) is 13.8 Å². The summed E-state index contributed by atoms with van der Waals surface area (Å²) in [7, 11) is -3.69. The van der Waals surface area contributed by atoms with Crippen LogP contribution in [0.4, 0.5) is 0 Å². The number of carboxylic acids is 1. The van der Waals surface area contributed by atoms with Crippen LogP contribution in [0.25, 0.3) is 0 Å². The molecule has 0 aromatic carbocycles. The Balaban J connectivity index is 3.00. The molecule has 1 aromatic rings. The van der Waals surface area contributed by atoms with Gasteiger partial charge in [0, 0.05) is 10.9 Å². The van der Waals surface area contributed by atoms with Gasteiger partial charge in [0.05, 0.1) is 15.1 Å². The van der Waals surface area contributed by atoms with Gasteiger partial charge in [-0.2, -0.15) is 0 Å². The van der Waals surface area contributed by atoms with Crippen LogP contribution >= 0.6 is 27.3 Å². The summed E-state index contributed by atoms with van der Waals surface area (Å²) in [5, 5.41) is 8.82. The topological polar surface area (TPSA) is 83.5 Å². The van der Waals surface area contributed by atoms with Crippen molar-refractivity contribution in [2.45, 2.75) is 38.1 Å². The molecule has 1 aromatic heterocycles. The SMILES string of the molecule is Cc1sc(Br)cc1S(=O)(=O)NC(CC(=O)O)C(C)C. The van der Waals surface area contributed by atoms with Crippen LogP contribution < -0.4 is 4.72 Å². The maximum Gasteiger partial charge on any atom is 0.304 e. The van der Waals surface area contributed by atoms with Crippen molar-refractivity contribution in [3.63, 3.8) is 0 Å². The van der Waals surface area contributed by atoms with Gasteiger partial charge >= 0.3 is 5.97 Å². The van der Waals surface area contributed by atoms with E-state index in [0.29, 0.717) is 4.88 Å². The highest BCUT2D eigenvalue weighted by Crippen LogP contribution is 2.30. The maximum absolute atomic E-state index is 12.2. The molecule has 0 radical (unpaired) electrons. The first kappa shape index (κ1) is 16.6. The van der Waals surface area contributed by atoms with Gasteiger partial charge in [-0.3, -0.25) is 4.79 Å². The van der Waals surface area contributed by atoms with Crippen molar-refractivity contribution in [2.75, 3.05) is 0 Å². The van der Waals surface area contributed by atoms with E-state index in [1.165, 1.54) is 17.4 Å². The summed E-state index contributed by atoms with van der Waals surface area (Å²) in [6.45, 7) is 5.28. The Morgan fingerprint density at radius 3 is 2.47 bits per heavy atom. The third-order valence-corrected chi connectivity index (χ3v) is 5.94. The Bertz CT molecular complexity index is 565. The number of halogens is 1. The number of carbonyl (C=O) groups is 1. The van der Waals surface area contributed by atoms with Gasteiger partial charge in [0.1, 0.15) is 0 Å². The number of sulfonamides is 1. The first-order valence-electron chi connectivity index (χ1n) is 5.63. The van der Waals surface area contributed by atoms with E-state index in [4.69, 9.17) is 5.11 Å². The van der Waals surface area contributed by atoms with Crippen molar-refractivity contribution in [1.82, 2.24) is 4.72 Å². The molecule has 0 aliphatic carbocycles. The van der Waals surface area contributed by atoms with E-state index < -0.39 is 22.0 Å². The molecule has 1 heterocycles. The van der Waals surface area contributed by atoms with Crippen LogP contribution in [0.1, 0.15) is 25.1 Å². The quantitative estimate of drug-likeness (QED) is 0.806. The van der Waals surface area contributed by atoms with Crippen molar-refractivity contribution >= 4 is 43.3 Å². The summed E-state index contributed by atoms with van der Waals surface area (Å²) in [6, 6.07) is 0.904. The Labute approximate surface area is 125 Å². The Morgan fingerprint density at radius 1 is 1.53 bits per heavy atom. The largest absolute Gasteiger partial charge is 0.481 e. The molecular weight excluding hydrogens is 354 g/mol. The summed E-state index contributed by atoms with van der Waals surface area (Å²) in [6.07, 6.45) is -0.235. The highest BCUT2D eigenvalue weighted by atomic mass is 79.9. The van der Waals surface area contributed by atoms with E-state index in [1.54, 1.807) is 20.8 Å². The first-order chi connectivity index (χ1) is 8.63. The molecule has 0 saturated carbocycles. The molecule has 1 unspecified atom stereocenters. The molecule has 8 heteroatoms. The fourth-order valence-corrected chi connectivity index (χ4v) is 5.36. The molecule has 0 fully saturated rings. The lowest BCUT2D eigenvalue weighted by molar-refractivity contribution is -0.137. The van der Waals surface area contributed by atoms with Gasteiger partial charge in [-0.25, -0.2) is 13.1 Å². The molecule has 1 rings (SSSR count). The lowest BCUT2D eigenvalue weighted by Crippen LogP contribution is -2.40. The molecule has 5 nitrogen and oxygen atoms in total. The van der Waals surface area contributed by atoms with Gasteiger partial charge in [-0.05, 0) is 34.8 Å². The summed E-state index contributed by atoms with van der Waals surface area (Å²) in [4.78, 5) is 11.6. The Kier molecular flexibility index (Phi) is 5.54. The molecule has 0 bridgehead atoms. The van der Waals surface area contributed by atoms with Crippen LogP contribution in [0, 0.1) is 12.8 Å². The number of aryl methyl sites for hydroxylation is 1. The molecule has 0 amide bonds. The van der Waals surface area contributed by atoms with Gasteiger partial charge < -0.3 is 5.11 Å². The van der Waals surface area contributed by atoms with Gasteiger partial charge in [-0.15, -0.1) is 11.3 Å². The molecular formula is C11H16BrNO4S2. The molecule has 108 valence electrons. The average Bonchev–Trinajstić information content (AvgIpc) is 2.56. The zero-order chi connectivity index (χ0) is 14.8. The average molecular weight is 370 g/mol. The first-order valence-corrected chi connectivity index (χ1v) is 8.73. The van der Waals surface area contributed by atoms with Crippen LogP contribution in [-0.2, 0) is 14.8 Å². The molecule has 1 atom stereocenters. The van der Waals surface area contributed by atoms with E-state index >= 15 is 0 Å². The van der Waals surface area contributed by atoms with Crippen LogP contribution in [-0.4, -0.2) is 25.5 Å². The minimum Gasteiger partial charge on any atom is -0.481 e. The second kappa shape index (κ2) is 6.34. The van der Waals surface area contributed by atoms with Crippen LogP contribution in [0.5, 0.6) is 0 Å². The summed E-state index contributed by atoms with van der Waals surface area (Å²) in [5.74, 6) is -1.13. The third-order valence-electron chi connectivity index (χ3n) is 2.64. The number of thiophene rings is 1. The molecule has 0 aliphatic rings. The standard InChI is InChI=1S/C11H16BrNO4S2/c1-6(2)8(4-11(14)15)13-19(16,17)9-5-10(12)18-7(9)3/h5-6,8,13H,4H2,1-3H3,(H,14,15). The minimum absolute atomic E-state index is 0.103. The zero-order valence-electron chi connectivity index (χ0n) is 10.8. The predicted molar refractivity (Wildman–Crippen MR) is 78.0 cm³/mol. The maximum atomic E-state index is 12.2. The fraction of sp³-hybridized carbons (Fsp3) is 0.545. The predicted octanol–water partition coefficient (Wildman–Crippen LogP) is 2.60. The second-order valence-corrected chi connectivity index (χ2v) is 8.86. The van der Waals surface area contributed by atoms with E-state index in [2.05, 4.69) is 20.7 Å². The molecule has 0 aliphatic heterocycles. The number of hydrogen-bond donors (Lipinski definition) is 2. The van der Waals surface area contributed by atoms with E-state index in [1.807, 2.05) is 0 Å². The summed E-state index contributed by atoms with van der Waals surface area (Å²) >= 11 is 4.57. The summed E-state index contributed by atoms with van der Waals surface area (Å²) in [5.41, 5.74) is 0. The normalized spacial score (nSPS) is 13.7. The third kappa shape index (κ3) is 4.55. The Hall–Kier alpha value is -0.440. The molecule has 0 saturated heterocycles. The van der Waals surface area contributed by atoms with Crippen molar-refractivity contribution in [3.8, 4) is 0 Å². The van der Waals surface area contributed by atoms with Crippen molar-refractivity contribution < 1.29 is 18.3 Å². The van der Waals surface area contributed by atoms with Gasteiger partial charge in [0.2, 0.25) is 10.0 Å². The molecule has 19 heavy (non-hydrogen) atoms. The van der Waals surface area contributed by atoms with E-state index in [9.17, 15) is 13.2 Å². The molecule has 2 N–H and O–H groups in total. The van der Waals surface area contributed by atoms with Gasteiger partial charge in [0.25, 0.3) is 0 Å². The highest BCUT2D eigenvalue weighted by Gasteiger charge is 2.26. The fourth-order valence-electron chi connectivity index (χ4n) is 1.56. The Morgan fingerprint density at radius 2 is 2.11 bits per heavy atom. The highest BCUT2D eigenvalue weighted by molar-refractivity contribution is 9.11. The zero-order valence-corrected chi connectivity index (χ0v) is 14.0. The monoisotopic (exact) mass is 369 g/mol. The molecule has 0 spiro atoms. The number of nitrogens with one attached hydrogen (secondary N) is 1. The number of hydrogen-bond acceptors (Lipinski definition) is 4. The van der Waals surface area contributed by atoms with Crippen molar-refractivity contribution in [3.05, 3.63) is 14.7 Å². The van der Waals surface area contributed by atoms with Crippen molar-refractivity contribution in [2.24, 2.45) is 5.92 Å². The lowest BCUT2D eigenvalue weighted by Gasteiger charge is -2.20. The number of carboxylic acid groups (broad SMARTS) is 1. The van der Waals surface area contributed by atoms with Crippen LogP contribution in [0.15, 0.2) is 14.7 Å². The van der Waals surface area contributed by atoms with Crippen LogP contribution in [0.3, 0.4) is 0 Å². The number of rotatable bonds is 6. The second-order valence-electron chi connectivity index (χ2n) is 4.54. The lowest BCUT2D eigenvalue weighted by atomic mass is 10.0. The number of aliphatic carboxylic acids is 1. The van der Waals surface area contributed by atoms with E-state index in [0.717, 1.165) is 3.79 Å². The minimum atomic E-state index is -3.69. The van der Waals surface area contributed by atoms with Gasteiger partial charge in [0.15, 0.2) is 0 Å².